The molecule has 6 heteroatoms. The molecule has 2 aliphatic rings. The van der Waals surface area contributed by atoms with Crippen molar-refractivity contribution < 1.29 is 9.13 Å². The fourth-order valence-electron chi connectivity index (χ4n) is 3.64. The molecule has 3 atom stereocenters. The van der Waals surface area contributed by atoms with Crippen LogP contribution in [0, 0.1) is 11.7 Å². The van der Waals surface area contributed by atoms with Gasteiger partial charge in [-0.25, -0.2) is 4.39 Å². The highest BCUT2D eigenvalue weighted by Crippen LogP contribution is 2.41. The predicted octanol–water partition coefficient (Wildman–Crippen LogP) is 2.20. The number of hydrogen-bond donors (Lipinski definition) is 2. The molecule has 26 heavy (non-hydrogen) atoms. The van der Waals surface area contributed by atoms with Crippen molar-refractivity contribution in [1.29, 1.82) is 0 Å². The Morgan fingerprint density at radius 2 is 2.19 bits per heavy atom. The third kappa shape index (κ3) is 5.17. The number of aliphatic imine (C=N–C) groups is 1. The average molecular weight is 362 g/mol. The van der Waals surface area contributed by atoms with Crippen LogP contribution in [0.25, 0.3) is 0 Å². The van der Waals surface area contributed by atoms with Gasteiger partial charge in [0.15, 0.2) is 5.96 Å². The van der Waals surface area contributed by atoms with Crippen LogP contribution in [0.3, 0.4) is 0 Å². The van der Waals surface area contributed by atoms with Crippen molar-refractivity contribution >= 4 is 5.96 Å². The van der Waals surface area contributed by atoms with Gasteiger partial charge in [-0.05, 0) is 24.0 Å². The van der Waals surface area contributed by atoms with Crippen LogP contribution >= 0.6 is 0 Å². The van der Waals surface area contributed by atoms with Gasteiger partial charge in [-0.3, -0.25) is 9.89 Å². The molecule has 5 nitrogen and oxygen atoms in total. The van der Waals surface area contributed by atoms with Crippen LogP contribution in [-0.4, -0.2) is 62.8 Å². The Morgan fingerprint density at radius 1 is 1.38 bits per heavy atom. The summed E-state index contributed by atoms with van der Waals surface area (Å²) >= 11 is 0. The van der Waals surface area contributed by atoms with Crippen LogP contribution in [0.4, 0.5) is 4.39 Å². The van der Waals surface area contributed by atoms with Gasteiger partial charge in [0.2, 0.25) is 0 Å². The number of hydrogen-bond acceptors (Lipinski definition) is 3. The second-order valence-electron chi connectivity index (χ2n) is 7.71. The molecule has 2 fully saturated rings. The Balaban J connectivity index is 1.44. The molecule has 0 radical (unpaired) electrons. The molecule has 1 heterocycles. The number of nitrogens with one attached hydrogen (secondary N) is 2. The third-order valence-electron chi connectivity index (χ3n) is 4.98. The maximum absolute atomic E-state index is 13.9. The quantitative estimate of drug-likeness (QED) is 0.602. The SMILES string of the molecule is CN=C(NCC1CN(CC(C)C)CCO1)NC1CC1c1ccccc1F. The summed E-state index contributed by atoms with van der Waals surface area (Å²) in [6.07, 6.45) is 1.10. The average Bonchev–Trinajstić information content (AvgIpc) is 3.37. The van der Waals surface area contributed by atoms with Crippen molar-refractivity contribution in [2.24, 2.45) is 10.9 Å². The van der Waals surface area contributed by atoms with E-state index < -0.39 is 0 Å². The normalized spacial score (nSPS) is 26.8. The molecule has 144 valence electrons. The maximum atomic E-state index is 13.9. The summed E-state index contributed by atoms with van der Waals surface area (Å²) in [5.41, 5.74) is 0.792. The van der Waals surface area contributed by atoms with Crippen LogP contribution in [0.2, 0.25) is 0 Å². The molecule has 0 aromatic heterocycles. The lowest BCUT2D eigenvalue weighted by Crippen LogP contribution is -2.50. The molecule has 0 amide bonds. The molecule has 0 spiro atoms. The van der Waals surface area contributed by atoms with E-state index in [2.05, 4.69) is 34.4 Å². The van der Waals surface area contributed by atoms with Gasteiger partial charge in [0.05, 0.1) is 12.7 Å². The monoisotopic (exact) mass is 362 g/mol. The second-order valence-corrected chi connectivity index (χ2v) is 7.71. The first kappa shape index (κ1) is 19.1. The third-order valence-corrected chi connectivity index (χ3v) is 4.98. The summed E-state index contributed by atoms with van der Waals surface area (Å²) in [6, 6.07) is 7.27. The number of halogens is 1. The Morgan fingerprint density at radius 3 is 2.92 bits per heavy atom. The van der Waals surface area contributed by atoms with Gasteiger partial charge < -0.3 is 15.4 Å². The number of benzene rings is 1. The molecule has 3 unspecified atom stereocenters. The van der Waals surface area contributed by atoms with Gasteiger partial charge in [-0.1, -0.05) is 32.0 Å². The highest BCUT2D eigenvalue weighted by Gasteiger charge is 2.40. The Hall–Kier alpha value is -1.66. The van der Waals surface area contributed by atoms with E-state index in [9.17, 15) is 4.39 Å². The van der Waals surface area contributed by atoms with Crippen LogP contribution in [0.15, 0.2) is 29.3 Å². The van der Waals surface area contributed by atoms with Crippen LogP contribution in [0.5, 0.6) is 0 Å². The number of rotatable bonds is 6. The number of ether oxygens (including phenoxy) is 1. The standard InChI is InChI=1S/C20H31FN4O/c1-14(2)12-25-8-9-26-15(13-25)11-23-20(22-3)24-19-10-17(19)16-6-4-5-7-18(16)21/h4-7,14-15,17,19H,8-13H2,1-3H3,(H2,22,23,24). The van der Waals surface area contributed by atoms with Gasteiger partial charge in [0.25, 0.3) is 0 Å². The van der Waals surface area contributed by atoms with Gasteiger partial charge in [-0.15, -0.1) is 0 Å². The number of morpholine rings is 1. The van der Waals surface area contributed by atoms with Crippen molar-refractivity contribution in [3.8, 4) is 0 Å². The van der Waals surface area contributed by atoms with Crippen molar-refractivity contribution in [3.05, 3.63) is 35.6 Å². The smallest absolute Gasteiger partial charge is 0.191 e. The summed E-state index contributed by atoms with van der Waals surface area (Å²) in [5.74, 6) is 1.53. The van der Waals surface area contributed by atoms with Gasteiger partial charge >= 0.3 is 0 Å². The minimum absolute atomic E-state index is 0.120. The van der Waals surface area contributed by atoms with Crippen molar-refractivity contribution in [1.82, 2.24) is 15.5 Å². The number of guanidine groups is 1. The van der Waals surface area contributed by atoms with E-state index in [-0.39, 0.29) is 23.9 Å². The molecule has 1 aliphatic carbocycles. The first-order valence-corrected chi connectivity index (χ1v) is 9.62. The minimum atomic E-state index is -0.120. The Bertz CT molecular complexity index is 622. The van der Waals surface area contributed by atoms with Gasteiger partial charge in [0.1, 0.15) is 5.82 Å². The van der Waals surface area contributed by atoms with Crippen LogP contribution in [0.1, 0.15) is 31.7 Å². The summed E-state index contributed by atoms with van der Waals surface area (Å²) in [7, 11) is 1.77. The molecule has 1 saturated carbocycles. The first-order chi connectivity index (χ1) is 12.6. The summed E-state index contributed by atoms with van der Waals surface area (Å²) < 4.78 is 19.8. The minimum Gasteiger partial charge on any atom is -0.374 e. The van der Waals surface area contributed by atoms with Crippen molar-refractivity contribution in [2.45, 2.75) is 38.3 Å². The van der Waals surface area contributed by atoms with Crippen LogP contribution in [-0.2, 0) is 4.74 Å². The zero-order valence-corrected chi connectivity index (χ0v) is 16.0. The summed E-state index contributed by atoms with van der Waals surface area (Å²) in [6.45, 7) is 9.07. The second kappa shape index (κ2) is 8.82. The topological polar surface area (TPSA) is 48.9 Å². The maximum Gasteiger partial charge on any atom is 0.191 e. The predicted molar refractivity (Wildman–Crippen MR) is 103 cm³/mol. The largest absolute Gasteiger partial charge is 0.374 e. The van der Waals surface area contributed by atoms with E-state index in [4.69, 9.17) is 4.74 Å². The fourth-order valence-corrected chi connectivity index (χ4v) is 3.64. The fraction of sp³-hybridized carbons (Fsp3) is 0.650. The highest BCUT2D eigenvalue weighted by atomic mass is 19.1. The van der Waals surface area contributed by atoms with E-state index in [1.807, 2.05) is 12.1 Å². The van der Waals surface area contributed by atoms with E-state index in [0.717, 1.165) is 50.7 Å². The highest BCUT2D eigenvalue weighted by molar-refractivity contribution is 5.80. The zero-order valence-electron chi connectivity index (χ0n) is 16.0. The van der Waals surface area contributed by atoms with E-state index in [0.29, 0.717) is 5.92 Å². The molecular formula is C20H31FN4O. The molecule has 0 bridgehead atoms. The molecule has 1 aromatic rings. The molecule has 1 aromatic carbocycles. The Kier molecular flexibility index (Phi) is 6.48. The molecule has 1 saturated heterocycles. The first-order valence-electron chi connectivity index (χ1n) is 9.62. The van der Waals surface area contributed by atoms with E-state index in [1.54, 1.807) is 13.1 Å². The van der Waals surface area contributed by atoms with Crippen molar-refractivity contribution in [3.63, 3.8) is 0 Å². The van der Waals surface area contributed by atoms with Crippen molar-refractivity contribution in [2.75, 3.05) is 39.8 Å². The van der Waals surface area contributed by atoms with E-state index in [1.165, 1.54) is 6.07 Å². The zero-order chi connectivity index (χ0) is 18.5. The number of nitrogens with zero attached hydrogens (tertiary/aromatic N) is 2. The van der Waals surface area contributed by atoms with E-state index >= 15 is 0 Å². The van der Waals surface area contributed by atoms with Gasteiger partial charge in [-0.2, -0.15) is 0 Å². The molecule has 1 aliphatic heterocycles. The summed E-state index contributed by atoms with van der Waals surface area (Å²) in [5, 5.41) is 6.77. The lowest BCUT2D eigenvalue weighted by Gasteiger charge is -2.34. The summed E-state index contributed by atoms with van der Waals surface area (Å²) in [4.78, 5) is 6.77. The van der Waals surface area contributed by atoms with Crippen LogP contribution < -0.4 is 10.6 Å². The van der Waals surface area contributed by atoms with Gasteiger partial charge in [0, 0.05) is 45.2 Å². The molecule has 2 N–H and O–H groups in total. The lowest BCUT2D eigenvalue weighted by molar-refractivity contribution is -0.0284. The molecule has 3 rings (SSSR count). The Labute approximate surface area is 156 Å². The lowest BCUT2D eigenvalue weighted by atomic mass is 10.1. The molecular weight excluding hydrogens is 331 g/mol.